The van der Waals surface area contributed by atoms with Crippen LogP contribution < -0.4 is 0 Å². The van der Waals surface area contributed by atoms with E-state index in [1.54, 1.807) is 47.8 Å². The molecule has 0 spiro atoms. The molecule has 2 aromatic carbocycles. The highest BCUT2D eigenvalue weighted by molar-refractivity contribution is 7.90. The fourth-order valence-electron chi connectivity index (χ4n) is 3.68. The maximum Gasteiger partial charge on any atom is 0.303 e. The van der Waals surface area contributed by atoms with Crippen LogP contribution in [0.1, 0.15) is 29.1 Å². The van der Waals surface area contributed by atoms with E-state index in [1.165, 1.54) is 3.97 Å². The van der Waals surface area contributed by atoms with Crippen LogP contribution in [0.5, 0.6) is 0 Å². The zero-order chi connectivity index (χ0) is 22.9. The van der Waals surface area contributed by atoms with E-state index in [4.69, 9.17) is 16.7 Å². The highest BCUT2D eigenvalue weighted by atomic mass is 35.5. The molecule has 0 aliphatic carbocycles. The summed E-state index contributed by atoms with van der Waals surface area (Å²) in [7, 11) is -3.72. The van der Waals surface area contributed by atoms with Crippen LogP contribution in [0, 0.1) is 6.92 Å². The number of carboxylic acids is 1. The van der Waals surface area contributed by atoms with Crippen molar-refractivity contribution >= 4 is 66.1 Å². The summed E-state index contributed by atoms with van der Waals surface area (Å²) in [6.45, 7) is 1.95. The van der Waals surface area contributed by atoms with Gasteiger partial charge in [-0.2, -0.15) is 0 Å². The number of carboxylic acid groups (broad SMARTS) is 1. The van der Waals surface area contributed by atoms with Crippen molar-refractivity contribution in [2.75, 3.05) is 5.75 Å². The zero-order valence-corrected chi connectivity index (χ0v) is 19.7. The van der Waals surface area contributed by atoms with E-state index in [2.05, 4.69) is 4.98 Å². The van der Waals surface area contributed by atoms with Crippen LogP contribution in [0.2, 0.25) is 5.02 Å². The number of rotatable bonds is 8. The Bertz CT molecular complexity index is 1450. The quantitative estimate of drug-likeness (QED) is 0.353. The largest absolute Gasteiger partial charge is 0.481 e. The summed E-state index contributed by atoms with van der Waals surface area (Å²) < 4.78 is 28.9. The summed E-state index contributed by atoms with van der Waals surface area (Å²) in [5, 5.41) is 11.1. The Hall–Kier alpha value is -2.68. The van der Waals surface area contributed by atoms with E-state index < -0.39 is 16.0 Å². The first-order valence-electron chi connectivity index (χ1n) is 10.0. The average Bonchev–Trinajstić information content (AvgIpc) is 3.26. The van der Waals surface area contributed by atoms with Gasteiger partial charge >= 0.3 is 5.97 Å². The Labute approximate surface area is 194 Å². The highest BCUT2D eigenvalue weighted by Gasteiger charge is 2.20. The third-order valence-corrected chi connectivity index (χ3v) is 7.80. The van der Waals surface area contributed by atoms with Gasteiger partial charge < -0.3 is 5.11 Å². The maximum absolute atomic E-state index is 13.3. The van der Waals surface area contributed by atoms with E-state index >= 15 is 0 Å². The summed E-state index contributed by atoms with van der Waals surface area (Å²) in [6, 6.07) is 12.6. The maximum atomic E-state index is 13.3. The topological polar surface area (TPSA) is 89.3 Å². The van der Waals surface area contributed by atoms with Crippen LogP contribution in [-0.2, 0) is 21.2 Å². The van der Waals surface area contributed by atoms with Crippen molar-refractivity contribution in [3.8, 4) is 0 Å². The number of carbonyl (C=O) groups is 1. The molecule has 2 aromatic heterocycles. The molecule has 0 saturated carbocycles. The van der Waals surface area contributed by atoms with E-state index in [0.29, 0.717) is 34.5 Å². The van der Waals surface area contributed by atoms with Gasteiger partial charge in [0, 0.05) is 22.5 Å². The predicted octanol–water partition coefficient (Wildman–Crippen LogP) is 5.51. The second-order valence-electron chi connectivity index (χ2n) is 7.49. The van der Waals surface area contributed by atoms with Gasteiger partial charge in [0.2, 0.25) is 10.0 Å². The van der Waals surface area contributed by atoms with Crippen LogP contribution in [0.15, 0.2) is 48.5 Å². The minimum Gasteiger partial charge on any atom is -0.481 e. The van der Waals surface area contributed by atoms with Crippen LogP contribution in [-0.4, -0.2) is 34.2 Å². The number of benzene rings is 2. The lowest BCUT2D eigenvalue weighted by atomic mass is 10.2. The molecule has 6 nitrogen and oxygen atoms in total. The SMILES string of the molecule is Cc1nc2ccc(C=CCS(=O)(=O)n3c(CCCC(=O)O)cc4cc(Cl)ccc43)cc2s1. The molecule has 0 aliphatic rings. The summed E-state index contributed by atoms with van der Waals surface area (Å²) in [6.07, 6.45) is 4.08. The van der Waals surface area contributed by atoms with Crippen LogP contribution in [0.3, 0.4) is 0 Å². The fourth-order valence-corrected chi connectivity index (χ4v) is 6.19. The number of aliphatic carboxylic acids is 1. The fraction of sp³-hybridized carbons (Fsp3) is 0.217. The molecule has 2 heterocycles. The molecule has 0 unspecified atom stereocenters. The van der Waals surface area contributed by atoms with Crippen molar-refractivity contribution in [2.24, 2.45) is 0 Å². The molecule has 0 atom stereocenters. The second kappa shape index (κ2) is 9.05. The van der Waals surface area contributed by atoms with Crippen molar-refractivity contribution in [1.29, 1.82) is 0 Å². The van der Waals surface area contributed by atoms with E-state index in [-0.39, 0.29) is 12.2 Å². The number of aryl methyl sites for hydroxylation is 2. The van der Waals surface area contributed by atoms with Crippen LogP contribution in [0.25, 0.3) is 27.2 Å². The number of halogens is 1. The Kier molecular flexibility index (Phi) is 6.37. The van der Waals surface area contributed by atoms with Gasteiger partial charge in [-0.25, -0.2) is 17.4 Å². The molecule has 32 heavy (non-hydrogen) atoms. The van der Waals surface area contributed by atoms with Gasteiger partial charge in [-0.1, -0.05) is 29.8 Å². The number of thiazole rings is 1. The van der Waals surface area contributed by atoms with Gasteiger partial charge in [-0.05, 0) is 61.7 Å². The van der Waals surface area contributed by atoms with Crippen molar-refractivity contribution in [1.82, 2.24) is 8.96 Å². The normalized spacial score (nSPS) is 12.3. The Balaban J connectivity index is 1.63. The standard InChI is InChI=1S/C23H21ClN2O4S2/c1-15-25-20-9-7-16(12-22(20)31-15)4-3-11-32(29,30)26-19(5-2-6-23(27)28)14-17-13-18(24)8-10-21(17)26/h3-4,7-10,12-14H,2,5-6,11H2,1H3,(H,27,28). The number of hydrogen-bond donors (Lipinski definition) is 1. The van der Waals surface area contributed by atoms with Gasteiger partial charge in [0.05, 0.1) is 26.5 Å². The molecule has 0 amide bonds. The first-order valence-corrected chi connectivity index (χ1v) is 12.8. The lowest BCUT2D eigenvalue weighted by Crippen LogP contribution is -2.18. The number of aromatic nitrogens is 2. The molecule has 4 aromatic rings. The number of hydrogen-bond acceptors (Lipinski definition) is 5. The van der Waals surface area contributed by atoms with Gasteiger partial charge in [-0.3, -0.25) is 4.79 Å². The lowest BCUT2D eigenvalue weighted by Gasteiger charge is -2.10. The van der Waals surface area contributed by atoms with Crippen molar-refractivity contribution in [3.63, 3.8) is 0 Å². The van der Waals surface area contributed by atoms with Crippen molar-refractivity contribution in [2.45, 2.75) is 26.2 Å². The summed E-state index contributed by atoms with van der Waals surface area (Å²) in [5.74, 6) is -1.10. The predicted molar refractivity (Wildman–Crippen MR) is 130 cm³/mol. The summed E-state index contributed by atoms with van der Waals surface area (Å²) in [4.78, 5) is 15.3. The molecular weight excluding hydrogens is 468 g/mol. The number of fused-ring (bicyclic) bond motifs is 2. The van der Waals surface area contributed by atoms with Gasteiger partial charge in [0.15, 0.2) is 0 Å². The first kappa shape index (κ1) is 22.5. The van der Waals surface area contributed by atoms with E-state index in [9.17, 15) is 13.2 Å². The molecule has 9 heteroatoms. The van der Waals surface area contributed by atoms with Gasteiger partial charge in [0.1, 0.15) is 0 Å². The van der Waals surface area contributed by atoms with Crippen LogP contribution >= 0.6 is 22.9 Å². The Morgan fingerprint density at radius 1 is 1.22 bits per heavy atom. The molecule has 166 valence electrons. The highest BCUT2D eigenvalue weighted by Crippen LogP contribution is 2.27. The number of nitrogens with zero attached hydrogens (tertiary/aromatic N) is 2. The Morgan fingerprint density at radius 2 is 2.03 bits per heavy atom. The molecule has 0 fully saturated rings. The smallest absolute Gasteiger partial charge is 0.303 e. The molecule has 0 aliphatic heterocycles. The van der Waals surface area contributed by atoms with Crippen molar-refractivity contribution < 1.29 is 18.3 Å². The molecule has 1 N–H and O–H groups in total. The molecular formula is C23H21ClN2O4S2. The van der Waals surface area contributed by atoms with E-state index in [1.807, 2.05) is 25.1 Å². The molecule has 4 rings (SSSR count). The van der Waals surface area contributed by atoms with Gasteiger partial charge in [-0.15, -0.1) is 11.3 Å². The van der Waals surface area contributed by atoms with Crippen molar-refractivity contribution in [3.05, 3.63) is 69.8 Å². The summed E-state index contributed by atoms with van der Waals surface area (Å²) in [5.41, 5.74) is 2.93. The second-order valence-corrected chi connectivity index (χ2v) is 11.0. The van der Waals surface area contributed by atoms with E-state index in [0.717, 1.165) is 20.8 Å². The lowest BCUT2D eigenvalue weighted by molar-refractivity contribution is -0.137. The third kappa shape index (κ3) is 4.87. The minimum atomic E-state index is -3.72. The zero-order valence-electron chi connectivity index (χ0n) is 17.3. The molecule has 0 saturated heterocycles. The van der Waals surface area contributed by atoms with Gasteiger partial charge in [0.25, 0.3) is 0 Å². The minimum absolute atomic E-state index is 0.0260. The summed E-state index contributed by atoms with van der Waals surface area (Å²) >= 11 is 7.68. The molecule has 0 bridgehead atoms. The molecule has 0 radical (unpaired) electrons. The Morgan fingerprint density at radius 3 is 2.81 bits per heavy atom. The average molecular weight is 489 g/mol. The van der Waals surface area contributed by atoms with Crippen LogP contribution in [0.4, 0.5) is 0 Å². The third-order valence-electron chi connectivity index (χ3n) is 5.03. The monoisotopic (exact) mass is 488 g/mol. The first-order chi connectivity index (χ1) is 15.2.